The Kier molecular flexibility index (Phi) is 16.3. The Bertz CT molecular complexity index is 15.0. The fourth-order valence-corrected chi connectivity index (χ4v) is 0.491. The normalized spacial score (nSPS) is 7.00. The van der Waals surface area contributed by atoms with Crippen molar-refractivity contribution in [3.8, 4) is 0 Å². The molecule has 0 nitrogen and oxygen atoms in total. The predicted molar refractivity (Wildman–Crippen MR) is 34.1 cm³/mol. The van der Waals surface area contributed by atoms with Crippen LogP contribution in [0.3, 0.4) is 0 Å². The Hall–Kier alpha value is 1.25. The highest BCUT2D eigenvalue weighted by Crippen LogP contribution is 1.88. The van der Waals surface area contributed by atoms with Gasteiger partial charge in [-0.25, -0.2) is 0 Å². The molecule has 0 aromatic rings. The molecule has 0 atom stereocenters. The monoisotopic (exact) mass is 159 g/mol. The summed E-state index contributed by atoms with van der Waals surface area (Å²) in [7, 11) is 0. The molecule has 0 aromatic carbocycles. The molecule has 2 heteroatoms. The van der Waals surface area contributed by atoms with Crippen LogP contribution in [0.15, 0.2) is 0 Å². The van der Waals surface area contributed by atoms with E-state index in [0.717, 1.165) is 11.8 Å². The lowest BCUT2D eigenvalue weighted by Crippen LogP contribution is -1.64. The van der Waals surface area contributed by atoms with Crippen LogP contribution in [-0.4, -0.2) is 28.4 Å². The molecule has 0 saturated heterocycles. The van der Waals surface area contributed by atoms with Gasteiger partial charge in [0.2, 0.25) is 0 Å². The number of alkyl halides is 1. The van der Waals surface area contributed by atoms with Crippen molar-refractivity contribution in [1.29, 1.82) is 0 Å². The molecule has 0 aliphatic heterocycles. The van der Waals surface area contributed by atoms with Gasteiger partial charge in [-0.15, -0.1) is 0 Å². The van der Waals surface area contributed by atoms with Gasteiger partial charge < -0.3 is 0 Å². The maximum atomic E-state index is 3.65. The number of hydrogen-bond acceptors (Lipinski definition) is 0. The Morgan fingerprint density at radius 2 is 2.00 bits per heavy atom. The summed E-state index contributed by atoms with van der Waals surface area (Å²) in [6, 6.07) is 0. The van der Waals surface area contributed by atoms with Gasteiger partial charge in [-0.2, -0.15) is 0 Å². The van der Waals surface area contributed by atoms with E-state index in [1.54, 1.807) is 0 Å². The minimum absolute atomic E-state index is 0. The first kappa shape index (κ1) is 10.3. The van der Waals surface area contributed by atoms with Crippen LogP contribution < -0.4 is 0 Å². The summed E-state index contributed by atoms with van der Waals surface area (Å²) >= 11 is 3.27. The van der Waals surface area contributed by atoms with Gasteiger partial charge in [-0.05, 0) is 6.42 Å². The number of halogens is 1. The van der Waals surface area contributed by atoms with Gasteiger partial charge in [0.15, 0.2) is 0 Å². The first-order chi connectivity index (χ1) is 2.41. The van der Waals surface area contributed by atoms with Crippen LogP contribution >= 0.6 is 15.9 Å². The highest BCUT2D eigenvalue weighted by atomic mass is 79.9. The van der Waals surface area contributed by atoms with Crippen LogP contribution in [0.4, 0.5) is 0 Å². The van der Waals surface area contributed by atoms with Crippen molar-refractivity contribution >= 4 is 39.0 Å². The summed E-state index contributed by atoms with van der Waals surface area (Å²) in [5, 5.41) is 1.09. The fourth-order valence-electron chi connectivity index (χ4n) is 0.0945. The first-order valence-electron chi connectivity index (χ1n) is 1.77. The predicted octanol–water partition coefficient (Wildman–Crippen LogP) is 1.61. The highest BCUT2D eigenvalue weighted by Gasteiger charge is 1.70. The summed E-state index contributed by atoms with van der Waals surface area (Å²) < 4.78 is 0. The third kappa shape index (κ3) is 8.98. The molecule has 0 N–H and O–H groups in total. The van der Waals surface area contributed by atoms with Crippen molar-refractivity contribution < 1.29 is 0 Å². The largest absolute Gasteiger partial charge is 0.0928 e. The average molecular weight is 160 g/mol. The molecule has 6 heavy (non-hydrogen) atoms. The van der Waals surface area contributed by atoms with E-state index in [1.165, 1.54) is 6.42 Å². The van der Waals surface area contributed by atoms with Crippen molar-refractivity contribution in [3.63, 3.8) is 0 Å². The molecule has 0 rings (SSSR count). The number of rotatable bonds is 2. The smallest absolute Gasteiger partial charge is 0.00313 e. The zero-order valence-electron chi connectivity index (χ0n) is 3.91. The van der Waals surface area contributed by atoms with Crippen LogP contribution in [0.25, 0.3) is 0 Å². The van der Waals surface area contributed by atoms with Crippen molar-refractivity contribution in [3.05, 3.63) is 6.92 Å². The molecule has 0 unspecified atom stereocenters. The fraction of sp³-hybridized carbons (Fsp3) is 0.750. The highest BCUT2D eigenvalue weighted by molar-refractivity contribution is 9.09. The van der Waals surface area contributed by atoms with Crippen molar-refractivity contribution in [2.45, 2.75) is 12.8 Å². The summed E-state index contributed by atoms with van der Waals surface area (Å²) in [4.78, 5) is 0. The second-order valence-electron chi connectivity index (χ2n) is 0.896. The zero-order chi connectivity index (χ0) is 4.12. The lowest BCUT2D eigenvalue weighted by atomic mass is 10.4. The first-order valence-corrected chi connectivity index (χ1v) is 2.89. The lowest BCUT2D eigenvalue weighted by Gasteiger charge is -1.77. The Morgan fingerprint density at radius 3 is 2.00 bits per heavy atom. The van der Waals surface area contributed by atoms with Gasteiger partial charge in [0.1, 0.15) is 0 Å². The maximum absolute atomic E-state index is 3.65. The van der Waals surface area contributed by atoms with E-state index in [2.05, 4.69) is 22.9 Å². The summed E-state index contributed by atoms with van der Waals surface area (Å²) in [6.45, 7) is 3.65. The topological polar surface area (TPSA) is 0 Å². The van der Waals surface area contributed by atoms with Gasteiger partial charge in [0, 0.05) is 28.4 Å². The molecule has 0 spiro atoms. The van der Waals surface area contributed by atoms with Crippen LogP contribution in [0.5, 0.6) is 0 Å². The van der Waals surface area contributed by atoms with E-state index in [9.17, 15) is 0 Å². The van der Waals surface area contributed by atoms with E-state index < -0.39 is 0 Å². The summed E-state index contributed by atoms with van der Waals surface area (Å²) in [6.07, 6.45) is 2.24. The van der Waals surface area contributed by atoms with E-state index >= 15 is 0 Å². The quantitative estimate of drug-likeness (QED) is 0.425. The third-order valence-electron chi connectivity index (χ3n) is 0.384. The molecule has 0 fully saturated rings. The molecule has 0 aliphatic rings. The van der Waals surface area contributed by atoms with Crippen LogP contribution in [-0.2, 0) is 0 Å². The molecule has 0 heterocycles. The van der Waals surface area contributed by atoms with E-state index in [0.29, 0.717) is 0 Å². The Morgan fingerprint density at radius 1 is 1.50 bits per heavy atom. The van der Waals surface area contributed by atoms with Crippen LogP contribution in [0, 0.1) is 6.92 Å². The van der Waals surface area contributed by atoms with Crippen LogP contribution in [0.1, 0.15) is 12.8 Å². The number of unbranched alkanes of at least 4 members (excludes halogenated alkanes) is 1. The lowest BCUT2D eigenvalue weighted by molar-refractivity contribution is 0.977. The molecule has 0 amide bonds. The minimum atomic E-state index is 0. The molecular formula is C4H8BrMg. The van der Waals surface area contributed by atoms with Crippen molar-refractivity contribution in [2.75, 3.05) is 5.33 Å². The Labute approximate surface area is 64.0 Å². The second-order valence-corrected chi connectivity index (χ2v) is 1.69. The molecule has 3 radical (unpaired) electrons. The second kappa shape index (κ2) is 9.53. The molecule has 33 valence electrons. The van der Waals surface area contributed by atoms with Crippen LogP contribution in [0.2, 0.25) is 0 Å². The Balaban J connectivity index is 0. The zero-order valence-corrected chi connectivity index (χ0v) is 6.91. The van der Waals surface area contributed by atoms with Gasteiger partial charge in [0.05, 0.1) is 0 Å². The average Bonchev–Trinajstić information content (AvgIpc) is 1.41. The molecular weight excluding hydrogens is 152 g/mol. The van der Waals surface area contributed by atoms with Gasteiger partial charge in [0.25, 0.3) is 0 Å². The van der Waals surface area contributed by atoms with E-state index in [1.807, 2.05) is 0 Å². The van der Waals surface area contributed by atoms with Gasteiger partial charge in [-0.3, -0.25) is 0 Å². The van der Waals surface area contributed by atoms with Crippen molar-refractivity contribution in [2.24, 2.45) is 0 Å². The standard InChI is InChI=1S/C4H8Br.Mg/c1-2-3-4-5;/h1-4H2;. The summed E-state index contributed by atoms with van der Waals surface area (Å²) in [5.74, 6) is 0. The molecule has 0 aliphatic carbocycles. The molecule has 0 bridgehead atoms. The minimum Gasteiger partial charge on any atom is -0.0928 e. The maximum Gasteiger partial charge on any atom is 0.00313 e. The van der Waals surface area contributed by atoms with Gasteiger partial charge in [-0.1, -0.05) is 29.3 Å². The van der Waals surface area contributed by atoms with E-state index in [4.69, 9.17) is 0 Å². The number of hydrogen-bond donors (Lipinski definition) is 0. The molecule has 0 aromatic heterocycles. The molecule has 0 saturated carbocycles. The third-order valence-corrected chi connectivity index (χ3v) is 0.944. The van der Waals surface area contributed by atoms with E-state index in [-0.39, 0.29) is 23.1 Å². The summed E-state index contributed by atoms with van der Waals surface area (Å²) in [5.41, 5.74) is 0. The van der Waals surface area contributed by atoms with Crippen molar-refractivity contribution in [1.82, 2.24) is 0 Å². The van der Waals surface area contributed by atoms with Gasteiger partial charge >= 0.3 is 0 Å². The SMILES string of the molecule is [CH2]CCCBr.[Mg].